The molecule has 8 aliphatic heterocycles. The molecule has 2 saturated carbocycles. The van der Waals surface area contributed by atoms with Crippen LogP contribution in [0.4, 0.5) is 26.3 Å². The van der Waals surface area contributed by atoms with E-state index in [2.05, 4.69) is 0 Å². The molecule has 0 aromatic carbocycles. The second-order valence-corrected chi connectivity index (χ2v) is 16.8. The Labute approximate surface area is 313 Å². The zero-order chi connectivity index (χ0) is 39.3. The van der Waals surface area contributed by atoms with Crippen LogP contribution in [0.2, 0.25) is 0 Å². The molecular formula is C37H46F6O12. The third kappa shape index (κ3) is 6.44. The van der Waals surface area contributed by atoms with Gasteiger partial charge in [-0.3, -0.25) is 9.59 Å². The molecule has 8 fully saturated rings. The molecule has 12 nitrogen and oxygen atoms in total. The maximum absolute atomic E-state index is 14.5. The number of ether oxygens (including phenoxy) is 6. The van der Waals surface area contributed by atoms with Crippen LogP contribution in [0.5, 0.6) is 0 Å². The fourth-order valence-electron chi connectivity index (χ4n) is 10.6. The third-order valence-electron chi connectivity index (χ3n) is 13.4. The van der Waals surface area contributed by atoms with E-state index in [1.165, 1.54) is 0 Å². The summed E-state index contributed by atoms with van der Waals surface area (Å²) in [5.41, 5.74) is -3.33. The van der Waals surface area contributed by atoms with Crippen molar-refractivity contribution in [2.45, 2.75) is 146 Å². The van der Waals surface area contributed by atoms with Crippen molar-refractivity contribution in [2.24, 2.45) is 35.5 Å². The molecule has 308 valence electrons. The number of esters is 2. The van der Waals surface area contributed by atoms with Gasteiger partial charge in [-0.05, 0) is 70.6 Å². The molecule has 55 heavy (non-hydrogen) atoms. The van der Waals surface area contributed by atoms with Gasteiger partial charge in [0.1, 0.15) is 13.2 Å². The van der Waals surface area contributed by atoms with Crippen molar-refractivity contribution >= 4 is 11.9 Å². The average Bonchev–Trinajstić information content (AvgIpc) is 3.48. The Morgan fingerprint density at radius 1 is 0.636 bits per heavy atom. The smallest absolute Gasteiger partial charge is 0.449 e. The van der Waals surface area contributed by atoms with Gasteiger partial charge in [0.25, 0.3) is 0 Å². The highest BCUT2D eigenvalue weighted by molar-refractivity contribution is 5.72. The van der Waals surface area contributed by atoms with Crippen LogP contribution in [0.15, 0.2) is 22.7 Å². The second kappa shape index (κ2) is 13.5. The van der Waals surface area contributed by atoms with E-state index in [4.69, 9.17) is 48.0 Å². The van der Waals surface area contributed by atoms with E-state index in [0.717, 1.165) is 0 Å². The molecule has 6 saturated heterocycles. The summed E-state index contributed by atoms with van der Waals surface area (Å²) >= 11 is 0. The van der Waals surface area contributed by atoms with Gasteiger partial charge in [-0.25, -0.2) is 19.6 Å². The minimum atomic E-state index is -4.93. The van der Waals surface area contributed by atoms with Gasteiger partial charge >= 0.3 is 24.3 Å². The van der Waals surface area contributed by atoms with Crippen molar-refractivity contribution < 1.29 is 83.9 Å². The molecule has 10 aliphatic rings. The Hall–Kier alpha value is -2.64. The minimum Gasteiger partial charge on any atom is -0.461 e. The normalized spacial score (nSPS) is 43.4. The van der Waals surface area contributed by atoms with Crippen molar-refractivity contribution in [3.63, 3.8) is 0 Å². The van der Waals surface area contributed by atoms with E-state index in [0.29, 0.717) is 38.5 Å². The van der Waals surface area contributed by atoms with Crippen molar-refractivity contribution in [3.8, 4) is 0 Å². The number of halogens is 6. The van der Waals surface area contributed by atoms with Gasteiger partial charge in [0.05, 0.1) is 0 Å². The molecule has 0 amide bonds. The highest BCUT2D eigenvalue weighted by Crippen LogP contribution is 2.63. The first-order chi connectivity index (χ1) is 25.8. The molecular weight excluding hydrogens is 750 g/mol. The maximum atomic E-state index is 14.5. The summed E-state index contributed by atoms with van der Waals surface area (Å²) in [7, 11) is 0. The monoisotopic (exact) mass is 796 g/mol. The van der Waals surface area contributed by atoms with E-state index in [1.807, 2.05) is 13.8 Å². The highest BCUT2D eigenvalue weighted by atomic mass is 19.4. The van der Waals surface area contributed by atoms with E-state index in [9.17, 15) is 35.9 Å². The first-order valence-corrected chi connectivity index (χ1v) is 19.1. The van der Waals surface area contributed by atoms with Crippen molar-refractivity contribution in [3.05, 3.63) is 22.7 Å². The third-order valence-corrected chi connectivity index (χ3v) is 13.4. The summed E-state index contributed by atoms with van der Waals surface area (Å²) in [6.45, 7) is 5.69. The largest absolute Gasteiger partial charge is 0.461 e. The highest BCUT2D eigenvalue weighted by Gasteiger charge is 2.72. The lowest BCUT2D eigenvalue weighted by molar-refractivity contribution is -0.558. The summed E-state index contributed by atoms with van der Waals surface area (Å²) in [6, 6.07) is 0. The Morgan fingerprint density at radius 2 is 1.04 bits per heavy atom. The first-order valence-electron chi connectivity index (χ1n) is 19.1. The summed E-state index contributed by atoms with van der Waals surface area (Å²) in [5, 5.41) is 0. The van der Waals surface area contributed by atoms with Crippen LogP contribution in [0.3, 0.4) is 0 Å². The summed E-state index contributed by atoms with van der Waals surface area (Å²) < 4.78 is 120. The topological polar surface area (TPSA) is 126 Å². The van der Waals surface area contributed by atoms with Gasteiger partial charge in [-0.1, -0.05) is 13.8 Å². The Kier molecular flexibility index (Phi) is 9.60. The quantitative estimate of drug-likeness (QED) is 0.138. The zero-order valence-corrected chi connectivity index (χ0v) is 31.0. The van der Waals surface area contributed by atoms with Gasteiger partial charge in [-0.2, -0.15) is 26.3 Å². The van der Waals surface area contributed by atoms with Crippen LogP contribution < -0.4 is 0 Å². The molecule has 18 heteroatoms. The maximum Gasteiger partial charge on any atom is 0.449 e. The fraction of sp³-hybridized carbons (Fsp3) is 0.838. The number of hydrogen-bond acceptors (Lipinski definition) is 12. The number of carbonyl (C=O) groups excluding carboxylic acids is 2. The molecule has 10 rings (SSSR count). The predicted molar refractivity (Wildman–Crippen MR) is 170 cm³/mol. The molecule has 0 radical (unpaired) electrons. The van der Waals surface area contributed by atoms with E-state index >= 15 is 0 Å². The fourth-order valence-corrected chi connectivity index (χ4v) is 10.6. The van der Waals surface area contributed by atoms with E-state index in [1.54, 1.807) is 13.8 Å². The van der Waals surface area contributed by atoms with Gasteiger partial charge in [0, 0.05) is 60.5 Å². The Morgan fingerprint density at radius 3 is 1.42 bits per heavy atom. The number of rotatable bonds is 8. The summed E-state index contributed by atoms with van der Waals surface area (Å²) in [5.74, 6) is -9.07. The lowest BCUT2D eigenvalue weighted by atomic mass is 9.59. The van der Waals surface area contributed by atoms with Gasteiger partial charge < -0.3 is 28.4 Å². The summed E-state index contributed by atoms with van der Waals surface area (Å²) in [6.07, 6.45) is -9.86. The number of carbonyl (C=O) groups is 2. The van der Waals surface area contributed by atoms with Crippen LogP contribution in [0.1, 0.15) is 98.3 Å². The number of hydrogen-bond donors (Lipinski definition) is 0. The van der Waals surface area contributed by atoms with Gasteiger partial charge in [0.15, 0.2) is 11.2 Å². The van der Waals surface area contributed by atoms with E-state index in [-0.39, 0.29) is 66.9 Å². The summed E-state index contributed by atoms with van der Waals surface area (Å²) in [4.78, 5) is 48.9. The van der Waals surface area contributed by atoms with Crippen molar-refractivity contribution in [1.29, 1.82) is 0 Å². The molecule has 0 aromatic heterocycles. The standard InChI is InChI=1S/C37H46F6O12/c1-18-8-10-24-20(28(36(38,39)40)48-30-34(24)22(18)12-14-32(3,50-30)52-54-34)16-46-26(44)6-5-7-27(45)47-17-21-25-11-9-19(2)23-13-15-33(4)51-31(35(23,25)55-53-33)49-29(21)37(41,42)43/h18-19,22-25,30-31H,5-17H2,1-4H3/t18-,19-,22?,23?,24+,25+,30-,31-,32-,33+,34-,35-/m1/s1. The molecule has 4 bridgehead atoms. The lowest BCUT2D eigenvalue weighted by Gasteiger charge is -2.57. The Bertz CT molecular complexity index is 1520. The van der Waals surface area contributed by atoms with Crippen molar-refractivity contribution in [2.75, 3.05) is 13.2 Å². The second-order valence-electron chi connectivity index (χ2n) is 16.8. The SMILES string of the molecule is C[C@@H]1CC[C@H]2C(COC(=O)CCCC(=O)OCC3=C(C(F)(F)F)O[C@@H]4O[C@]5(C)CCC6[C@H](C)CC[C@@H]3[C@]64OO5)=C(C(F)(F)F)O[C@@H]3O[C@@]4(C)CCC1[C@]32OO4. The van der Waals surface area contributed by atoms with Crippen LogP contribution in [0, 0.1) is 35.5 Å². The molecule has 2 spiro atoms. The van der Waals surface area contributed by atoms with Crippen LogP contribution in [0.25, 0.3) is 0 Å². The van der Waals surface area contributed by atoms with Crippen molar-refractivity contribution in [1.82, 2.24) is 0 Å². The average molecular weight is 797 g/mol. The number of alkyl halides is 6. The van der Waals surface area contributed by atoms with Crippen LogP contribution in [-0.2, 0) is 57.6 Å². The Balaban J connectivity index is 0.915. The molecule has 2 aliphatic carbocycles. The molecule has 2 unspecified atom stereocenters. The minimum absolute atomic E-state index is 0.0691. The molecule has 8 heterocycles. The van der Waals surface area contributed by atoms with Gasteiger partial charge in [-0.15, -0.1) is 0 Å². The zero-order valence-electron chi connectivity index (χ0n) is 31.0. The predicted octanol–water partition coefficient (Wildman–Crippen LogP) is 7.37. The van der Waals surface area contributed by atoms with E-state index < -0.39 is 96.2 Å². The number of fused-ring (bicyclic) bond motifs is 4. The molecule has 12 atom stereocenters. The van der Waals surface area contributed by atoms with Crippen LogP contribution in [-0.4, -0.2) is 72.9 Å². The lowest BCUT2D eigenvalue weighted by Crippen LogP contribution is -2.67. The first kappa shape index (κ1) is 39.2. The molecule has 0 N–H and O–H groups in total. The van der Waals surface area contributed by atoms with Gasteiger partial charge in [0.2, 0.25) is 35.7 Å². The van der Waals surface area contributed by atoms with Crippen LogP contribution >= 0.6 is 0 Å². The molecule has 0 aromatic rings. The number of allylic oxidation sites excluding steroid dienone is 2.